The van der Waals surface area contributed by atoms with E-state index < -0.39 is 17.0 Å². The van der Waals surface area contributed by atoms with Crippen LogP contribution in [0.3, 0.4) is 0 Å². The van der Waals surface area contributed by atoms with Gasteiger partial charge in [0.1, 0.15) is 11.6 Å². The first-order chi connectivity index (χ1) is 16.8. The molecular formula is C24H22FN5O4S. The van der Waals surface area contributed by atoms with E-state index in [-0.39, 0.29) is 48.1 Å². The minimum atomic E-state index is -0.527. The smallest absolute Gasteiger partial charge is 0.293 e. The Bertz CT molecular complexity index is 1390. The van der Waals surface area contributed by atoms with Gasteiger partial charge in [-0.3, -0.25) is 29.0 Å². The van der Waals surface area contributed by atoms with Crippen LogP contribution in [0.5, 0.6) is 0 Å². The van der Waals surface area contributed by atoms with Crippen LogP contribution in [0.1, 0.15) is 11.4 Å². The fraction of sp³-hybridized carbons (Fsp3) is 0.208. The fourth-order valence-corrected chi connectivity index (χ4v) is 4.41. The summed E-state index contributed by atoms with van der Waals surface area (Å²) in [6.45, 7) is 0.333. The maximum atomic E-state index is 13.8. The Labute approximate surface area is 204 Å². The predicted octanol–water partition coefficient (Wildman–Crippen LogP) is 2.35. The average molecular weight is 496 g/mol. The predicted molar refractivity (Wildman–Crippen MR) is 131 cm³/mol. The highest BCUT2D eigenvalue weighted by molar-refractivity contribution is 8.18. The largest absolute Gasteiger partial charge is 0.353 e. The Kier molecular flexibility index (Phi) is 7.37. The molecule has 0 bridgehead atoms. The van der Waals surface area contributed by atoms with Crippen molar-refractivity contribution in [3.63, 3.8) is 0 Å². The van der Waals surface area contributed by atoms with E-state index in [0.29, 0.717) is 16.7 Å². The van der Waals surface area contributed by atoms with Crippen LogP contribution in [-0.4, -0.2) is 63.5 Å². The number of H-pyrrole nitrogens is 1. The van der Waals surface area contributed by atoms with E-state index in [9.17, 15) is 23.6 Å². The molecule has 0 aliphatic carbocycles. The quantitative estimate of drug-likeness (QED) is 0.461. The van der Waals surface area contributed by atoms with Crippen LogP contribution in [0.2, 0.25) is 0 Å². The molecule has 9 nitrogen and oxygen atoms in total. The monoisotopic (exact) mass is 495 g/mol. The van der Waals surface area contributed by atoms with Crippen LogP contribution in [0.4, 0.5) is 9.18 Å². The molecule has 0 saturated carbocycles. The third-order valence-corrected chi connectivity index (χ3v) is 6.13. The highest BCUT2D eigenvalue weighted by Gasteiger charge is 2.34. The summed E-state index contributed by atoms with van der Waals surface area (Å²) >= 11 is 0.733. The molecule has 2 heterocycles. The lowest BCUT2D eigenvalue weighted by atomic mass is 10.2. The molecule has 1 saturated heterocycles. The molecule has 1 aliphatic rings. The fourth-order valence-electron chi connectivity index (χ4n) is 3.56. The van der Waals surface area contributed by atoms with Gasteiger partial charge in [0.2, 0.25) is 5.91 Å². The molecule has 0 spiro atoms. The molecule has 1 fully saturated rings. The van der Waals surface area contributed by atoms with Gasteiger partial charge >= 0.3 is 0 Å². The van der Waals surface area contributed by atoms with Crippen molar-refractivity contribution >= 4 is 45.8 Å². The molecule has 35 heavy (non-hydrogen) atoms. The number of thioether (sulfide) groups is 1. The number of likely N-dealkylation sites (N-methyl/N-ethyl adjacent to an activating group) is 1. The first-order valence-corrected chi connectivity index (χ1v) is 11.6. The van der Waals surface area contributed by atoms with E-state index >= 15 is 0 Å². The number of hydrogen-bond acceptors (Lipinski definition) is 7. The van der Waals surface area contributed by atoms with Crippen molar-refractivity contribution in [2.75, 3.05) is 26.7 Å². The van der Waals surface area contributed by atoms with E-state index in [2.05, 4.69) is 15.3 Å². The number of rotatable bonds is 8. The number of carbonyl (C=O) groups excluding carboxylic acids is 3. The van der Waals surface area contributed by atoms with E-state index in [1.807, 2.05) is 0 Å². The second-order valence-electron chi connectivity index (χ2n) is 7.91. The molecule has 3 amide bonds. The van der Waals surface area contributed by atoms with Crippen LogP contribution in [0, 0.1) is 5.82 Å². The minimum Gasteiger partial charge on any atom is -0.353 e. The number of imide groups is 1. The Morgan fingerprint density at radius 3 is 2.71 bits per heavy atom. The molecule has 3 aromatic rings. The van der Waals surface area contributed by atoms with E-state index in [4.69, 9.17) is 0 Å². The standard InChI is InChI=1S/C24H22FN5O4S/c1-29(13-20-27-18-9-5-3-7-16(18)22(32)28-20)14-21(31)26-10-11-30-23(33)19(35-24(30)34)12-15-6-2-4-8-17(15)25/h2-9,12H,10-11,13-14H2,1H3,(H,26,31)(H,27,28,32)/b19-12+. The van der Waals surface area contributed by atoms with E-state index in [1.165, 1.54) is 24.3 Å². The van der Waals surface area contributed by atoms with Gasteiger partial charge in [-0.05, 0) is 43.1 Å². The molecule has 2 N–H and O–H groups in total. The Morgan fingerprint density at radius 1 is 1.17 bits per heavy atom. The van der Waals surface area contributed by atoms with Gasteiger partial charge in [0, 0.05) is 18.7 Å². The average Bonchev–Trinajstić information content (AvgIpc) is 3.08. The summed E-state index contributed by atoms with van der Waals surface area (Å²) in [5.41, 5.74) is 0.548. The molecule has 0 atom stereocenters. The normalized spacial score (nSPS) is 14.9. The molecule has 0 unspecified atom stereocenters. The summed E-state index contributed by atoms with van der Waals surface area (Å²) in [5, 5.41) is 2.69. The third kappa shape index (κ3) is 5.81. The van der Waals surface area contributed by atoms with Gasteiger partial charge in [-0.25, -0.2) is 9.37 Å². The van der Waals surface area contributed by atoms with Gasteiger partial charge in [0.25, 0.3) is 16.7 Å². The number of aromatic nitrogens is 2. The lowest BCUT2D eigenvalue weighted by Gasteiger charge is -2.17. The van der Waals surface area contributed by atoms with Crippen LogP contribution in [0.25, 0.3) is 17.0 Å². The van der Waals surface area contributed by atoms with E-state index in [1.54, 1.807) is 42.3 Å². The van der Waals surface area contributed by atoms with Crippen molar-refractivity contribution in [2.24, 2.45) is 0 Å². The number of aromatic amines is 1. The SMILES string of the molecule is CN(CC(=O)NCCN1C(=O)S/C(=C/c2ccccc2F)C1=O)Cc1nc2ccccc2c(=O)[nH]1. The van der Waals surface area contributed by atoms with Crippen molar-refractivity contribution < 1.29 is 18.8 Å². The number of fused-ring (bicyclic) bond motifs is 1. The molecular weight excluding hydrogens is 473 g/mol. The third-order valence-electron chi connectivity index (χ3n) is 5.22. The molecule has 1 aliphatic heterocycles. The van der Waals surface area contributed by atoms with Crippen LogP contribution in [-0.2, 0) is 16.1 Å². The molecule has 2 aromatic carbocycles. The number of hydrogen-bond donors (Lipinski definition) is 2. The van der Waals surface area contributed by atoms with Gasteiger partial charge in [-0.15, -0.1) is 0 Å². The number of nitrogens with zero attached hydrogens (tertiary/aromatic N) is 3. The van der Waals surface area contributed by atoms with Gasteiger partial charge in [-0.1, -0.05) is 30.3 Å². The van der Waals surface area contributed by atoms with Crippen molar-refractivity contribution in [1.82, 2.24) is 25.1 Å². The number of amides is 3. The summed E-state index contributed by atoms with van der Waals surface area (Å²) in [7, 11) is 1.71. The molecule has 0 radical (unpaired) electrons. The summed E-state index contributed by atoms with van der Waals surface area (Å²) in [5.74, 6) is -0.896. The zero-order valence-corrected chi connectivity index (χ0v) is 19.6. The number of halogens is 1. The molecule has 1 aromatic heterocycles. The summed E-state index contributed by atoms with van der Waals surface area (Å²) in [6, 6.07) is 13.0. The lowest BCUT2D eigenvalue weighted by molar-refractivity contribution is -0.124. The first-order valence-electron chi connectivity index (χ1n) is 10.7. The second kappa shape index (κ2) is 10.6. The topological polar surface area (TPSA) is 115 Å². The highest BCUT2D eigenvalue weighted by atomic mass is 32.2. The summed E-state index contributed by atoms with van der Waals surface area (Å²) < 4.78 is 13.8. The lowest BCUT2D eigenvalue weighted by Crippen LogP contribution is -2.40. The first kappa shape index (κ1) is 24.3. The molecule has 11 heteroatoms. The van der Waals surface area contributed by atoms with Gasteiger partial charge < -0.3 is 10.3 Å². The van der Waals surface area contributed by atoms with Crippen molar-refractivity contribution in [3.8, 4) is 0 Å². The summed E-state index contributed by atoms with van der Waals surface area (Å²) in [6.07, 6.45) is 1.35. The number of para-hydroxylation sites is 1. The minimum absolute atomic E-state index is 0.00567. The number of benzene rings is 2. The van der Waals surface area contributed by atoms with E-state index in [0.717, 1.165) is 16.7 Å². The number of carbonyl (C=O) groups is 3. The maximum absolute atomic E-state index is 13.8. The maximum Gasteiger partial charge on any atom is 0.293 e. The second-order valence-corrected chi connectivity index (χ2v) is 8.90. The van der Waals surface area contributed by atoms with Gasteiger partial charge in [0.05, 0.1) is 28.9 Å². The Morgan fingerprint density at radius 2 is 1.91 bits per heavy atom. The van der Waals surface area contributed by atoms with Crippen LogP contribution < -0.4 is 10.9 Å². The Hall–Kier alpha value is -3.83. The molecule has 4 rings (SSSR count). The van der Waals surface area contributed by atoms with Crippen LogP contribution in [0.15, 0.2) is 58.2 Å². The van der Waals surface area contributed by atoms with Crippen molar-refractivity contribution in [2.45, 2.75) is 6.54 Å². The zero-order chi connectivity index (χ0) is 24.9. The number of nitrogens with one attached hydrogen (secondary N) is 2. The highest BCUT2D eigenvalue weighted by Crippen LogP contribution is 2.32. The van der Waals surface area contributed by atoms with Crippen molar-refractivity contribution in [1.29, 1.82) is 0 Å². The van der Waals surface area contributed by atoms with Crippen LogP contribution >= 0.6 is 11.8 Å². The Balaban J connectivity index is 1.27. The van der Waals surface area contributed by atoms with Gasteiger partial charge in [-0.2, -0.15) is 0 Å². The molecule has 180 valence electrons. The van der Waals surface area contributed by atoms with Crippen molar-refractivity contribution in [3.05, 3.63) is 81.0 Å². The van der Waals surface area contributed by atoms with Gasteiger partial charge in [0.15, 0.2) is 0 Å². The summed E-state index contributed by atoms with van der Waals surface area (Å²) in [4.78, 5) is 59.2. The zero-order valence-electron chi connectivity index (χ0n) is 18.8.